The molecule has 3 heteroatoms. The minimum Gasteiger partial charge on any atom is -0.456 e. The van der Waals surface area contributed by atoms with E-state index in [1.165, 1.54) is 214 Å². The largest absolute Gasteiger partial charge is 0.456 e. The highest BCUT2D eigenvalue weighted by molar-refractivity contribution is 6.29. The smallest absolute Gasteiger partial charge is 0.136 e. The van der Waals surface area contributed by atoms with Crippen molar-refractivity contribution in [3.8, 4) is 134 Å². The van der Waals surface area contributed by atoms with Crippen LogP contribution in [0.2, 0.25) is 0 Å². The van der Waals surface area contributed by atoms with E-state index in [0.717, 1.165) is 82.5 Å². The minimum atomic E-state index is 0.907. The van der Waals surface area contributed by atoms with E-state index in [4.69, 9.17) is 13.3 Å². The third kappa shape index (κ3) is 14.7. The quantitative estimate of drug-likeness (QED) is 0.114. The van der Waals surface area contributed by atoms with Crippen LogP contribution in [0.25, 0.3) is 296 Å². The summed E-state index contributed by atoms with van der Waals surface area (Å²) in [7, 11) is 0. The molecule has 3 heterocycles. The molecular weight excluding hydrogens is 1780 g/mol. The second-order valence-electron chi connectivity index (χ2n) is 38.4. The van der Waals surface area contributed by atoms with Crippen LogP contribution in [0.4, 0.5) is 0 Å². The molecule has 30 rings (SSSR count). The van der Waals surface area contributed by atoms with Crippen molar-refractivity contribution >= 4 is 163 Å². The first-order valence-corrected chi connectivity index (χ1v) is 50.6. The van der Waals surface area contributed by atoms with Gasteiger partial charge in [0.15, 0.2) is 0 Å². The van der Waals surface area contributed by atoms with Crippen molar-refractivity contribution in [2.24, 2.45) is 0 Å². The molecule has 0 aliphatic heterocycles. The van der Waals surface area contributed by atoms with Crippen molar-refractivity contribution in [2.45, 2.75) is 0 Å². The van der Waals surface area contributed by atoms with E-state index in [2.05, 4.69) is 510 Å². The Balaban J connectivity index is 0.000000107. The number of hydrogen-bond acceptors (Lipinski definition) is 3. The van der Waals surface area contributed by atoms with Crippen molar-refractivity contribution in [3.05, 3.63) is 546 Å². The van der Waals surface area contributed by atoms with Gasteiger partial charge in [-0.2, -0.15) is 0 Å². The highest BCUT2D eigenvalue weighted by Gasteiger charge is 2.28. The van der Waals surface area contributed by atoms with Crippen molar-refractivity contribution < 1.29 is 13.3 Å². The molecule has 0 unspecified atom stereocenters. The van der Waals surface area contributed by atoms with Crippen LogP contribution in [0, 0.1) is 0 Å². The molecule has 684 valence electrons. The highest BCUT2D eigenvalue weighted by Crippen LogP contribution is 2.55. The van der Waals surface area contributed by atoms with E-state index in [1.807, 2.05) is 36.4 Å². The normalized spacial score (nSPS) is 11.7. The summed E-state index contributed by atoms with van der Waals surface area (Å²) in [6.07, 6.45) is 0. The van der Waals surface area contributed by atoms with E-state index < -0.39 is 0 Å². The van der Waals surface area contributed by atoms with E-state index in [1.54, 1.807) is 0 Å². The lowest BCUT2D eigenvalue weighted by Gasteiger charge is -2.22. The Morgan fingerprint density at radius 2 is 0.367 bits per heavy atom. The Labute approximate surface area is 849 Å². The maximum atomic E-state index is 6.39. The van der Waals surface area contributed by atoms with Crippen LogP contribution in [0.5, 0.6) is 0 Å². The molecule has 0 aliphatic carbocycles. The fourth-order valence-corrected chi connectivity index (χ4v) is 23.7. The van der Waals surface area contributed by atoms with Crippen LogP contribution in [-0.4, -0.2) is 0 Å². The first kappa shape index (κ1) is 85.6. The van der Waals surface area contributed by atoms with E-state index in [0.29, 0.717) is 0 Å². The molecule has 0 spiro atoms. The second kappa shape index (κ2) is 36.0. The van der Waals surface area contributed by atoms with Gasteiger partial charge in [0, 0.05) is 32.3 Å². The first-order valence-electron chi connectivity index (χ1n) is 50.6. The van der Waals surface area contributed by atoms with Gasteiger partial charge in [-0.3, -0.25) is 0 Å². The minimum absolute atomic E-state index is 0.907. The van der Waals surface area contributed by atoms with E-state index >= 15 is 0 Å². The van der Waals surface area contributed by atoms with E-state index in [9.17, 15) is 0 Å². The molecule has 27 aromatic carbocycles. The molecule has 0 saturated heterocycles. The average molecular weight is 1870 g/mol. The number of benzene rings is 27. The Bertz CT molecular complexity index is 10300. The molecule has 0 saturated carbocycles. The lowest BCUT2D eigenvalue weighted by molar-refractivity contribution is 0.668. The summed E-state index contributed by atoms with van der Waals surface area (Å²) in [5.74, 6) is 0. The zero-order valence-electron chi connectivity index (χ0n) is 80.2. The first-order chi connectivity index (χ1) is 73.0. The average Bonchev–Trinajstić information content (AvgIpc) is 1.25. The second-order valence-corrected chi connectivity index (χ2v) is 38.4. The van der Waals surface area contributed by atoms with Gasteiger partial charge in [0.2, 0.25) is 0 Å². The van der Waals surface area contributed by atoms with Crippen molar-refractivity contribution in [1.29, 1.82) is 0 Å². The number of furan rings is 3. The third-order valence-electron chi connectivity index (χ3n) is 30.2. The molecule has 30 aromatic rings. The molecular formula is C144H90O3. The van der Waals surface area contributed by atoms with Gasteiger partial charge < -0.3 is 13.3 Å². The summed E-state index contributed by atoms with van der Waals surface area (Å²) in [6, 6.07) is 198. The monoisotopic (exact) mass is 1870 g/mol. The van der Waals surface area contributed by atoms with Gasteiger partial charge in [-0.1, -0.05) is 467 Å². The maximum Gasteiger partial charge on any atom is 0.136 e. The number of rotatable bonds is 12. The molecule has 3 aromatic heterocycles. The number of fused-ring (bicyclic) bond motifs is 18. The van der Waals surface area contributed by atoms with Crippen LogP contribution in [-0.2, 0) is 0 Å². The van der Waals surface area contributed by atoms with Gasteiger partial charge in [0.05, 0.1) is 0 Å². The molecule has 0 amide bonds. The molecule has 0 fully saturated rings. The van der Waals surface area contributed by atoms with Crippen molar-refractivity contribution in [3.63, 3.8) is 0 Å². The summed E-state index contributed by atoms with van der Waals surface area (Å²) in [6.45, 7) is 0. The predicted molar refractivity (Wildman–Crippen MR) is 624 cm³/mol. The Hall–Kier alpha value is -19.3. The molecule has 3 nitrogen and oxygen atoms in total. The lowest BCUT2D eigenvalue weighted by atomic mass is 9.80. The highest BCUT2D eigenvalue weighted by atomic mass is 16.3. The summed E-state index contributed by atoms with van der Waals surface area (Å²) < 4.78 is 19.2. The number of para-hydroxylation sites is 3. The fourth-order valence-electron chi connectivity index (χ4n) is 23.7. The summed E-state index contributed by atoms with van der Waals surface area (Å²) in [4.78, 5) is 0. The SMILES string of the molecule is c1ccc(-c2cc(-c3c4ccccc4c(-c4ccc5c(c4)oc4ccccc45)c4ccccc34)c(-c3ccccc3)c3ccccc23)cc1.c1ccc(-c2cc3cccc(-c4ccccc4)c3cc2-c2c3ccccc3c(-c3ccc4c(c3)oc3ccccc34)c3ccccc23)cc1.c1ccc(-c2ccc3ccc(-c4c5ccccc5c(-c5ccc6c(c5)oc5ccccc56)c5ccccc45)c(-c4ccccc4)c3c2)cc1. The van der Waals surface area contributed by atoms with Crippen LogP contribution in [0.15, 0.2) is 559 Å². The Kier molecular flexibility index (Phi) is 21.0. The van der Waals surface area contributed by atoms with Gasteiger partial charge in [0.1, 0.15) is 33.5 Å². The molecule has 0 atom stereocenters. The summed E-state index contributed by atoms with van der Waals surface area (Å²) in [5.41, 5.74) is 34.8. The van der Waals surface area contributed by atoms with Gasteiger partial charge in [-0.05, 0) is 309 Å². The maximum absolute atomic E-state index is 6.39. The molecule has 0 bridgehead atoms. The van der Waals surface area contributed by atoms with Gasteiger partial charge >= 0.3 is 0 Å². The fraction of sp³-hybridized carbons (Fsp3) is 0. The topological polar surface area (TPSA) is 39.4 Å². The number of hydrogen-bond donors (Lipinski definition) is 0. The van der Waals surface area contributed by atoms with Crippen molar-refractivity contribution in [1.82, 2.24) is 0 Å². The molecule has 0 aliphatic rings. The zero-order valence-corrected chi connectivity index (χ0v) is 80.2. The van der Waals surface area contributed by atoms with Gasteiger partial charge in [0.25, 0.3) is 0 Å². The van der Waals surface area contributed by atoms with Crippen molar-refractivity contribution in [2.75, 3.05) is 0 Å². The lowest BCUT2D eigenvalue weighted by Crippen LogP contribution is -1.95. The van der Waals surface area contributed by atoms with Crippen LogP contribution in [0.1, 0.15) is 0 Å². The predicted octanol–water partition coefficient (Wildman–Crippen LogP) is 41.1. The van der Waals surface area contributed by atoms with Gasteiger partial charge in [-0.15, -0.1) is 0 Å². The van der Waals surface area contributed by atoms with Crippen LogP contribution < -0.4 is 0 Å². The Morgan fingerprint density at radius 3 is 0.755 bits per heavy atom. The summed E-state index contributed by atoms with van der Waals surface area (Å²) >= 11 is 0. The standard InChI is InChI=1S/3C48H30O/c1-3-14-31(15-4-1)35-24-13-18-33-28-42(32-16-5-2-6-17-32)44(30-43(33)35)48-40-22-9-7-20-38(40)47(39-21-8-10-23-41(39)48)34-26-27-37-36-19-11-12-25-45(36)49-46(37)29-34;1-3-13-31(14-4-1)34-24-23-32-25-28-42(46(43(32)29-34)33-15-5-2-6-16-33)48-40-20-9-7-18-38(40)47(39-19-8-10-21-41(39)48)35-26-27-37-36-17-11-12-22-44(36)49-45(37)30-35;1-3-15-31(16-4-1)42-30-43(46(32-17-5-2-6-18-32)37-21-8-7-19-34(37)42)48-40-24-11-9-22-38(40)47(39-23-10-12-25-41(39)48)33-27-28-36-35-20-13-14-26-44(35)49-45(36)29-33/h3*1-30H. The molecule has 0 N–H and O–H groups in total. The Morgan fingerprint density at radius 1 is 0.0884 bits per heavy atom. The zero-order chi connectivity index (χ0) is 96.9. The van der Waals surface area contributed by atoms with Gasteiger partial charge in [-0.25, -0.2) is 0 Å². The summed E-state index contributed by atoms with van der Waals surface area (Å²) in [5, 5.41) is 29.0. The molecule has 0 radical (unpaired) electrons. The van der Waals surface area contributed by atoms with Crippen LogP contribution in [0.3, 0.4) is 0 Å². The van der Waals surface area contributed by atoms with E-state index in [-0.39, 0.29) is 0 Å². The molecule has 147 heavy (non-hydrogen) atoms. The van der Waals surface area contributed by atoms with Crippen LogP contribution >= 0.6 is 0 Å². The third-order valence-corrected chi connectivity index (χ3v) is 30.2.